The van der Waals surface area contributed by atoms with Gasteiger partial charge in [-0.05, 0) is 60.6 Å². The second kappa shape index (κ2) is 8.57. The van der Waals surface area contributed by atoms with Gasteiger partial charge in [-0.15, -0.1) is 0 Å². The third-order valence-corrected chi connectivity index (χ3v) is 6.71. The van der Waals surface area contributed by atoms with Crippen LogP contribution in [0.25, 0.3) is 0 Å². The Morgan fingerprint density at radius 1 is 1.03 bits per heavy atom. The van der Waals surface area contributed by atoms with Crippen LogP contribution in [0.3, 0.4) is 0 Å². The average Bonchev–Trinajstić information content (AvgIpc) is 3.49. The zero-order valence-corrected chi connectivity index (χ0v) is 18.2. The van der Waals surface area contributed by atoms with Gasteiger partial charge >= 0.3 is 0 Å². The molecule has 2 aromatic carbocycles. The number of sulfonamides is 1. The smallest absolute Gasteiger partial charge is 0.261 e. The highest BCUT2D eigenvalue weighted by Crippen LogP contribution is 2.48. The second-order valence-electron chi connectivity index (χ2n) is 8.26. The van der Waals surface area contributed by atoms with E-state index in [-0.39, 0.29) is 10.8 Å². The molecule has 2 N–H and O–H groups in total. The van der Waals surface area contributed by atoms with E-state index in [4.69, 9.17) is 0 Å². The predicted molar refractivity (Wildman–Crippen MR) is 116 cm³/mol. The first-order chi connectivity index (χ1) is 13.8. The number of hydrogen-bond donors (Lipinski definition) is 2. The van der Waals surface area contributed by atoms with Crippen molar-refractivity contribution >= 4 is 21.6 Å². The number of aryl methyl sites for hydroxylation is 1. The lowest BCUT2D eigenvalue weighted by molar-refractivity contribution is -0.123. The fourth-order valence-corrected chi connectivity index (χ4v) is 4.49. The molecule has 0 bridgehead atoms. The number of hydrogen-bond acceptors (Lipinski definition) is 3. The highest BCUT2D eigenvalue weighted by Gasteiger charge is 2.51. The normalized spacial score (nSPS) is 15.2. The summed E-state index contributed by atoms with van der Waals surface area (Å²) >= 11 is 0. The van der Waals surface area contributed by atoms with Gasteiger partial charge in [0, 0.05) is 12.2 Å². The standard InChI is InChI=1S/C23H30N2O3S/c1-4-5-18-6-12-21(13-7-18)29(27,28)25-20-10-8-19(9-11-20)23(14-15-23)22(26)24-16-17(2)3/h6-13,17,25H,4-5,14-16H2,1-3H3,(H,24,26). The predicted octanol–water partition coefficient (Wildman–Crippen LogP) is 4.24. The van der Waals surface area contributed by atoms with Crippen molar-refractivity contribution in [1.82, 2.24) is 5.32 Å². The average molecular weight is 415 g/mol. The van der Waals surface area contributed by atoms with E-state index in [2.05, 4.69) is 30.8 Å². The molecule has 0 aromatic heterocycles. The van der Waals surface area contributed by atoms with Gasteiger partial charge in [0.1, 0.15) is 0 Å². The van der Waals surface area contributed by atoms with E-state index in [1.807, 2.05) is 24.3 Å². The van der Waals surface area contributed by atoms with Crippen LogP contribution in [-0.2, 0) is 26.7 Å². The zero-order valence-electron chi connectivity index (χ0n) is 17.4. The van der Waals surface area contributed by atoms with Gasteiger partial charge in [0.05, 0.1) is 10.3 Å². The van der Waals surface area contributed by atoms with E-state index < -0.39 is 15.4 Å². The Labute approximate surface area is 174 Å². The summed E-state index contributed by atoms with van der Waals surface area (Å²) in [6.45, 7) is 6.89. The highest BCUT2D eigenvalue weighted by molar-refractivity contribution is 7.92. The van der Waals surface area contributed by atoms with E-state index in [9.17, 15) is 13.2 Å². The Morgan fingerprint density at radius 2 is 1.66 bits per heavy atom. The van der Waals surface area contributed by atoms with Crippen LogP contribution in [0, 0.1) is 5.92 Å². The van der Waals surface area contributed by atoms with Gasteiger partial charge in [-0.3, -0.25) is 9.52 Å². The van der Waals surface area contributed by atoms with Crippen LogP contribution in [0.5, 0.6) is 0 Å². The fraction of sp³-hybridized carbons (Fsp3) is 0.435. The maximum atomic E-state index is 12.6. The molecule has 1 aliphatic carbocycles. The molecule has 5 nitrogen and oxygen atoms in total. The van der Waals surface area contributed by atoms with Crippen molar-refractivity contribution in [3.63, 3.8) is 0 Å². The molecule has 0 aliphatic heterocycles. The van der Waals surface area contributed by atoms with Gasteiger partial charge in [0.15, 0.2) is 0 Å². The Kier molecular flexibility index (Phi) is 6.32. The van der Waals surface area contributed by atoms with Crippen molar-refractivity contribution in [3.05, 3.63) is 59.7 Å². The van der Waals surface area contributed by atoms with Crippen LogP contribution in [-0.4, -0.2) is 20.9 Å². The third-order valence-electron chi connectivity index (χ3n) is 5.32. The summed E-state index contributed by atoms with van der Waals surface area (Å²) < 4.78 is 27.9. The molecule has 0 radical (unpaired) electrons. The molecule has 1 fully saturated rings. The molecule has 0 saturated heterocycles. The monoisotopic (exact) mass is 414 g/mol. The summed E-state index contributed by atoms with van der Waals surface area (Å²) in [6.07, 6.45) is 3.60. The lowest BCUT2D eigenvalue weighted by Gasteiger charge is -2.17. The summed E-state index contributed by atoms with van der Waals surface area (Å²) in [4.78, 5) is 12.8. The van der Waals surface area contributed by atoms with E-state index in [1.54, 1.807) is 24.3 Å². The van der Waals surface area contributed by atoms with E-state index in [1.165, 1.54) is 0 Å². The quantitative estimate of drug-likeness (QED) is 0.644. The molecule has 1 saturated carbocycles. The Morgan fingerprint density at radius 3 is 2.17 bits per heavy atom. The molecule has 2 aromatic rings. The van der Waals surface area contributed by atoms with Crippen molar-refractivity contribution in [1.29, 1.82) is 0 Å². The molecule has 156 valence electrons. The Hall–Kier alpha value is -2.34. The molecule has 1 aliphatic rings. The van der Waals surface area contributed by atoms with Gasteiger partial charge in [-0.25, -0.2) is 8.42 Å². The number of benzene rings is 2. The van der Waals surface area contributed by atoms with Crippen molar-refractivity contribution in [2.75, 3.05) is 11.3 Å². The topological polar surface area (TPSA) is 75.3 Å². The molecular formula is C23H30N2O3S. The first kappa shape index (κ1) is 21.4. The Bertz CT molecular complexity index is 945. The van der Waals surface area contributed by atoms with Crippen molar-refractivity contribution < 1.29 is 13.2 Å². The summed E-state index contributed by atoms with van der Waals surface area (Å²) in [5.74, 6) is 0.467. The van der Waals surface area contributed by atoms with E-state index >= 15 is 0 Å². The minimum atomic E-state index is -3.64. The van der Waals surface area contributed by atoms with Crippen LogP contribution in [0.2, 0.25) is 0 Å². The van der Waals surface area contributed by atoms with Gasteiger partial charge in [0.2, 0.25) is 5.91 Å². The van der Waals surface area contributed by atoms with Crippen LogP contribution in [0.4, 0.5) is 5.69 Å². The first-order valence-electron chi connectivity index (χ1n) is 10.3. The van der Waals surface area contributed by atoms with E-state index in [0.717, 1.165) is 36.8 Å². The summed E-state index contributed by atoms with van der Waals surface area (Å²) in [5.41, 5.74) is 2.10. The van der Waals surface area contributed by atoms with Gasteiger partial charge in [-0.1, -0.05) is 51.5 Å². The second-order valence-corrected chi connectivity index (χ2v) is 9.95. The number of amides is 1. The molecule has 1 amide bonds. The lowest BCUT2D eigenvalue weighted by atomic mass is 9.94. The molecule has 0 heterocycles. The maximum Gasteiger partial charge on any atom is 0.261 e. The fourth-order valence-electron chi connectivity index (χ4n) is 3.43. The number of carbonyl (C=O) groups is 1. The van der Waals surface area contributed by atoms with Crippen molar-refractivity contribution in [3.8, 4) is 0 Å². The van der Waals surface area contributed by atoms with E-state index in [0.29, 0.717) is 18.2 Å². The molecule has 0 atom stereocenters. The summed E-state index contributed by atoms with van der Waals surface area (Å²) in [7, 11) is -3.64. The number of carbonyl (C=O) groups excluding carboxylic acids is 1. The third kappa shape index (κ3) is 4.99. The first-order valence-corrected chi connectivity index (χ1v) is 11.8. The number of nitrogens with one attached hydrogen (secondary N) is 2. The van der Waals surface area contributed by atoms with Crippen molar-refractivity contribution in [2.24, 2.45) is 5.92 Å². The summed E-state index contributed by atoms with van der Waals surface area (Å²) in [6, 6.07) is 14.2. The lowest BCUT2D eigenvalue weighted by Crippen LogP contribution is -2.36. The Balaban J connectivity index is 1.69. The van der Waals surface area contributed by atoms with Crippen LogP contribution >= 0.6 is 0 Å². The highest BCUT2D eigenvalue weighted by atomic mass is 32.2. The molecule has 3 rings (SSSR count). The largest absolute Gasteiger partial charge is 0.355 e. The molecule has 0 spiro atoms. The molecule has 29 heavy (non-hydrogen) atoms. The molecule has 6 heteroatoms. The minimum absolute atomic E-state index is 0.0618. The minimum Gasteiger partial charge on any atom is -0.355 e. The number of anilines is 1. The van der Waals surface area contributed by atoms with Crippen LogP contribution in [0.1, 0.15) is 51.2 Å². The molecular weight excluding hydrogens is 384 g/mol. The van der Waals surface area contributed by atoms with Crippen molar-refractivity contribution in [2.45, 2.75) is 56.8 Å². The van der Waals surface area contributed by atoms with Gasteiger partial charge < -0.3 is 5.32 Å². The van der Waals surface area contributed by atoms with Gasteiger partial charge in [0.25, 0.3) is 10.0 Å². The number of rotatable bonds is 9. The summed E-state index contributed by atoms with van der Waals surface area (Å²) in [5, 5.41) is 3.02. The van der Waals surface area contributed by atoms with Crippen LogP contribution < -0.4 is 10.0 Å². The zero-order chi connectivity index (χ0) is 21.1. The molecule has 0 unspecified atom stereocenters. The SMILES string of the molecule is CCCc1ccc(S(=O)(=O)Nc2ccc(C3(C(=O)NCC(C)C)CC3)cc2)cc1. The van der Waals surface area contributed by atoms with Crippen LogP contribution in [0.15, 0.2) is 53.4 Å². The maximum absolute atomic E-state index is 12.6. The van der Waals surface area contributed by atoms with Gasteiger partial charge in [-0.2, -0.15) is 0 Å².